The van der Waals surface area contributed by atoms with Crippen LogP contribution >= 0.6 is 0 Å². The van der Waals surface area contributed by atoms with E-state index >= 15 is 0 Å². The molecule has 0 aliphatic rings. The number of hydrogen-bond donors (Lipinski definition) is 1. The predicted octanol–water partition coefficient (Wildman–Crippen LogP) is 5.89. The van der Waals surface area contributed by atoms with Gasteiger partial charge in [0, 0.05) is 19.5 Å². The lowest BCUT2D eigenvalue weighted by molar-refractivity contribution is -0.140. The summed E-state index contributed by atoms with van der Waals surface area (Å²) in [5.74, 6) is -1.34. The van der Waals surface area contributed by atoms with Crippen LogP contribution in [0.1, 0.15) is 36.5 Å². The highest BCUT2D eigenvalue weighted by Crippen LogP contribution is 2.25. The maximum absolute atomic E-state index is 14.4. The van der Waals surface area contributed by atoms with Crippen molar-refractivity contribution in [3.05, 3.63) is 132 Å². The number of amides is 2. The molecule has 4 rings (SSSR count). The van der Waals surface area contributed by atoms with Gasteiger partial charge in [-0.2, -0.15) is 0 Å². The standard InChI is InChI=1S/C35H38FN3O4S/c1-3-4-23-37-35(41)33(24-28-11-7-5-8-12-28)38(25-29-17-19-30(36)20-18-29)34(40)26-39(31-21-15-27(2)16-22-31)44(42,43)32-13-9-6-10-14-32/h5-22,33H,3-4,23-26H2,1-2H3,(H,37,41)/t33-/m0/s1. The summed E-state index contributed by atoms with van der Waals surface area (Å²) in [7, 11) is -4.16. The summed E-state index contributed by atoms with van der Waals surface area (Å²) in [6.07, 6.45) is 1.86. The second kappa shape index (κ2) is 15.3. The number of nitrogens with one attached hydrogen (secondary N) is 1. The third kappa shape index (κ3) is 8.54. The first-order chi connectivity index (χ1) is 21.2. The van der Waals surface area contributed by atoms with Crippen LogP contribution in [0.4, 0.5) is 10.1 Å². The first-order valence-corrected chi connectivity index (χ1v) is 16.1. The monoisotopic (exact) mass is 615 g/mol. The Morgan fingerprint density at radius 3 is 2.05 bits per heavy atom. The number of benzene rings is 4. The maximum Gasteiger partial charge on any atom is 0.264 e. The van der Waals surface area contributed by atoms with Gasteiger partial charge in [-0.15, -0.1) is 0 Å². The SMILES string of the molecule is CCCCNC(=O)[C@H](Cc1ccccc1)N(Cc1ccc(F)cc1)C(=O)CN(c1ccc(C)cc1)S(=O)(=O)c1ccccc1. The number of sulfonamides is 1. The van der Waals surface area contributed by atoms with Gasteiger partial charge < -0.3 is 10.2 Å². The average molecular weight is 616 g/mol. The molecule has 0 radical (unpaired) electrons. The van der Waals surface area contributed by atoms with Gasteiger partial charge in [0.2, 0.25) is 11.8 Å². The van der Waals surface area contributed by atoms with Crippen LogP contribution in [0.25, 0.3) is 0 Å². The van der Waals surface area contributed by atoms with Gasteiger partial charge in [0.15, 0.2) is 0 Å². The minimum atomic E-state index is -4.16. The molecule has 4 aromatic carbocycles. The molecule has 1 atom stereocenters. The molecule has 230 valence electrons. The average Bonchev–Trinajstić information content (AvgIpc) is 3.03. The van der Waals surface area contributed by atoms with Crippen LogP contribution < -0.4 is 9.62 Å². The molecule has 0 aliphatic carbocycles. The fourth-order valence-electron chi connectivity index (χ4n) is 4.81. The number of hydrogen-bond acceptors (Lipinski definition) is 4. The van der Waals surface area contributed by atoms with Crippen LogP contribution in [-0.2, 0) is 32.6 Å². The Hall–Kier alpha value is -4.50. The van der Waals surface area contributed by atoms with Crippen molar-refractivity contribution in [1.29, 1.82) is 0 Å². The van der Waals surface area contributed by atoms with Crippen molar-refractivity contribution >= 4 is 27.5 Å². The van der Waals surface area contributed by atoms with Crippen LogP contribution in [0.5, 0.6) is 0 Å². The van der Waals surface area contributed by atoms with Crippen LogP contribution in [0, 0.1) is 12.7 Å². The Bertz CT molecular complexity index is 1610. The van der Waals surface area contributed by atoms with Gasteiger partial charge in [0.05, 0.1) is 10.6 Å². The lowest BCUT2D eigenvalue weighted by Gasteiger charge is -2.34. The molecule has 0 unspecified atom stereocenters. The molecule has 0 spiro atoms. The molecule has 0 aromatic heterocycles. The second-order valence-corrected chi connectivity index (χ2v) is 12.5. The Kier molecular flexibility index (Phi) is 11.3. The fraction of sp³-hybridized carbons (Fsp3) is 0.257. The topological polar surface area (TPSA) is 86.8 Å². The quantitative estimate of drug-likeness (QED) is 0.179. The summed E-state index contributed by atoms with van der Waals surface area (Å²) in [5.41, 5.74) is 2.70. The van der Waals surface area contributed by atoms with Gasteiger partial charge in [-0.05, 0) is 60.9 Å². The van der Waals surface area contributed by atoms with Crippen LogP contribution in [0.15, 0.2) is 114 Å². The minimum absolute atomic E-state index is 0.0229. The third-order valence-corrected chi connectivity index (χ3v) is 9.09. The zero-order chi connectivity index (χ0) is 31.5. The van der Waals surface area contributed by atoms with E-state index in [-0.39, 0.29) is 23.8 Å². The molecule has 0 aliphatic heterocycles. The first kappa shape index (κ1) is 32.4. The molecule has 44 heavy (non-hydrogen) atoms. The van der Waals surface area contributed by atoms with Crippen molar-refractivity contribution < 1.29 is 22.4 Å². The lowest BCUT2D eigenvalue weighted by Crippen LogP contribution is -2.53. The van der Waals surface area contributed by atoms with Gasteiger partial charge in [0.25, 0.3) is 10.0 Å². The Balaban J connectivity index is 1.77. The van der Waals surface area contributed by atoms with Crippen LogP contribution in [0.3, 0.4) is 0 Å². The van der Waals surface area contributed by atoms with Crippen molar-refractivity contribution in [2.24, 2.45) is 0 Å². The normalized spacial score (nSPS) is 11.9. The lowest BCUT2D eigenvalue weighted by atomic mass is 10.0. The smallest absolute Gasteiger partial charge is 0.264 e. The number of carbonyl (C=O) groups is 2. The summed E-state index contributed by atoms with van der Waals surface area (Å²) in [6, 6.07) is 28.9. The van der Waals surface area contributed by atoms with E-state index in [1.807, 2.05) is 44.2 Å². The maximum atomic E-state index is 14.4. The first-order valence-electron chi connectivity index (χ1n) is 14.7. The van der Waals surface area contributed by atoms with E-state index < -0.39 is 34.3 Å². The Labute approximate surface area is 259 Å². The van der Waals surface area contributed by atoms with Gasteiger partial charge in [-0.3, -0.25) is 13.9 Å². The number of halogens is 1. The molecule has 1 N–H and O–H groups in total. The van der Waals surface area contributed by atoms with E-state index in [0.717, 1.165) is 28.3 Å². The number of rotatable bonds is 14. The molecule has 0 bridgehead atoms. The van der Waals surface area contributed by atoms with Gasteiger partial charge in [0.1, 0.15) is 18.4 Å². The number of carbonyl (C=O) groups excluding carboxylic acids is 2. The molecule has 4 aromatic rings. The van der Waals surface area contributed by atoms with Crippen molar-refractivity contribution in [2.45, 2.75) is 50.6 Å². The molecule has 0 saturated heterocycles. The van der Waals surface area contributed by atoms with E-state index in [1.165, 1.54) is 29.2 Å². The van der Waals surface area contributed by atoms with Crippen LogP contribution in [0.2, 0.25) is 0 Å². The molecule has 9 heteroatoms. The van der Waals surface area contributed by atoms with Crippen LogP contribution in [-0.4, -0.2) is 44.3 Å². The number of nitrogens with zero attached hydrogens (tertiary/aromatic N) is 2. The third-order valence-electron chi connectivity index (χ3n) is 7.30. The summed E-state index contributed by atoms with van der Waals surface area (Å²) in [5, 5.41) is 2.96. The summed E-state index contributed by atoms with van der Waals surface area (Å²) >= 11 is 0. The summed E-state index contributed by atoms with van der Waals surface area (Å²) < 4.78 is 42.8. The molecular weight excluding hydrogens is 577 g/mol. The van der Waals surface area contributed by atoms with Gasteiger partial charge in [-0.25, -0.2) is 12.8 Å². The van der Waals surface area contributed by atoms with E-state index in [9.17, 15) is 22.4 Å². The Morgan fingerprint density at radius 1 is 0.818 bits per heavy atom. The fourth-order valence-corrected chi connectivity index (χ4v) is 6.24. The molecule has 0 saturated carbocycles. The molecule has 0 heterocycles. The van der Waals surface area contributed by atoms with E-state index in [1.54, 1.807) is 54.6 Å². The van der Waals surface area contributed by atoms with E-state index in [0.29, 0.717) is 17.8 Å². The number of aryl methyl sites for hydroxylation is 1. The molecule has 0 fully saturated rings. The minimum Gasteiger partial charge on any atom is -0.354 e. The summed E-state index contributed by atoms with van der Waals surface area (Å²) in [6.45, 7) is 3.78. The zero-order valence-electron chi connectivity index (χ0n) is 25.0. The highest BCUT2D eigenvalue weighted by Gasteiger charge is 2.34. The molecule has 7 nitrogen and oxygen atoms in total. The molecular formula is C35H38FN3O4S. The van der Waals surface area contributed by atoms with Crippen molar-refractivity contribution in [2.75, 3.05) is 17.4 Å². The summed E-state index contributed by atoms with van der Waals surface area (Å²) in [4.78, 5) is 29.5. The van der Waals surface area contributed by atoms with E-state index in [4.69, 9.17) is 0 Å². The number of anilines is 1. The van der Waals surface area contributed by atoms with Crippen molar-refractivity contribution in [3.63, 3.8) is 0 Å². The molecule has 2 amide bonds. The highest BCUT2D eigenvalue weighted by atomic mass is 32.2. The van der Waals surface area contributed by atoms with Gasteiger partial charge in [-0.1, -0.05) is 91.7 Å². The van der Waals surface area contributed by atoms with Gasteiger partial charge >= 0.3 is 0 Å². The predicted molar refractivity (Wildman–Crippen MR) is 171 cm³/mol. The largest absolute Gasteiger partial charge is 0.354 e. The highest BCUT2D eigenvalue weighted by molar-refractivity contribution is 7.92. The van der Waals surface area contributed by atoms with Crippen molar-refractivity contribution in [3.8, 4) is 0 Å². The zero-order valence-corrected chi connectivity index (χ0v) is 25.8. The number of unbranched alkanes of at least 4 members (excludes halogenated alkanes) is 1. The van der Waals surface area contributed by atoms with E-state index in [2.05, 4.69) is 5.32 Å². The Morgan fingerprint density at radius 2 is 1.43 bits per heavy atom. The second-order valence-electron chi connectivity index (χ2n) is 10.7. The van der Waals surface area contributed by atoms with Crippen molar-refractivity contribution in [1.82, 2.24) is 10.2 Å².